The predicted octanol–water partition coefficient (Wildman–Crippen LogP) is 3.46. The van der Waals surface area contributed by atoms with Crippen LogP contribution in [0.5, 0.6) is 0 Å². The number of hydrogen-bond acceptors (Lipinski definition) is 5. The van der Waals surface area contributed by atoms with Crippen LogP contribution in [0.3, 0.4) is 0 Å². The zero-order valence-corrected chi connectivity index (χ0v) is 20.5. The number of nitrogens with one attached hydrogen (secondary N) is 2. The van der Waals surface area contributed by atoms with Gasteiger partial charge in [-0.3, -0.25) is 19.0 Å². The minimum Gasteiger partial charge on any atom is -0.359 e. The van der Waals surface area contributed by atoms with E-state index < -0.39 is 28.7 Å². The lowest BCUT2D eigenvalue weighted by Gasteiger charge is -2.35. The first kappa shape index (κ1) is 26.5. The number of alkyl halides is 3. The zero-order valence-electron chi connectivity index (χ0n) is 19.8. The van der Waals surface area contributed by atoms with Crippen molar-refractivity contribution in [2.75, 3.05) is 12.4 Å². The number of rotatable bonds is 6. The summed E-state index contributed by atoms with van der Waals surface area (Å²) >= 11 is 5.69. The molecule has 0 bridgehead atoms. The number of carbonyl (C=O) groups excluding carboxylic acids is 2. The van der Waals surface area contributed by atoms with Gasteiger partial charge in [0.2, 0.25) is 11.9 Å². The quantitative estimate of drug-likeness (QED) is 0.617. The Kier molecular flexibility index (Phi) is 7.78. The molecule has 1 aliphatic heterocycles. The van der Waals surface area contributed by atoms with Crippen molar-refractivity contribution in [3.8, 4) is 0 Å². The van der Waals surface area contributed by atoms with Gasteiger partial charge in [0.05, 0.1) is 22.8 Å². The van der Waals surface area contributed by atoms with Crippen molar-refractivity contribution in [1.29, 1.82) is 0 Å². The number of nitrogens with zero attached hydrogens (tertiary/aromatic N) is 3. The van der Waals surface area contributed by atoms with Crippen LogP contribution in [-0.4, -0.2) is 45.4 Å². The summed E-state index contributed by atoms with van der Waals surface area (Å²) < 4.78 is 41.3. The molecule has 0 radical (unpaired) electrons. The van der Waals surface area contributed by atoms with Crippen molar-refractivity contribution in [3.63, 3.8) is 0 Å². The summed E-state index contributed by atoms with van der Waals surface area (Å²) in [5, 5.41) is 5.13. The highest BCUT2D eigenvalue weighted by molar-refractivity contribution is 6.31. The minimum absolute atomic E-state index is 0.0440. The molecule has 1 aromatic carbocycles. The molecule has 0 aliphatic carbocycles. The van der Waals surface area contributed by atoms with Gasteiger partial charge in [-0.2, -0.15) is 13.2 Å². The van der Waals surface area contributed by atoms with Crippen LogP contribution in [-0.2, 0) is 30.5 Å². The summed E-state index contributed by atoms with van der Waals surface area (Å²) in [6, 6.07) is 2.50. The number of amides is 2. The summed E-state index contributed by atoms with van der Waals surface area (Å²) in [7, 11) is 1.51. The van der Waals surface area contributed by atoms with Gasteiger partial charge in [-0.05, 0) is 45.4 Å². The number of hydrogen-bond donors (Lipinski definition) is 2. The Hall–Kier alpha value is -3.08. The van der Waals surface area contributed by atoms with Gasteiger partial charge in [-0.25, -0.2) is 4.98 Å². The van der Waals surface area contributed by atoms with Crippen LogP contribution in [0.15, 0.2) is 23.0 Å². The molecule has 8 nitrogen and oxygen atoms in total. The SMILES string of the molecule is CNC(=O)CCn1c(NC(C)C)nc2c(c1=O)C[C@@H](C)N(C(=O)c1ccc(Cl)c(C(F)(F)F)c1)C2. The van der Waals surface area contributed by atoms with Crippen molar-refractivity contribution >= 4 is 29.4 Å². The Balaban J connectivity index is 1.98. The summed E-state index contributed by atoms with van der Waals surface area (Å²) in [5.41, 5.74) is -0.774. The summed E-state index contributed by atoms with van der Waals surface area (Å²) in [4.78, 5) is 44.2. The first-order valence-corrected chi connectivity index (χ1v) is 11.5. The van der Waals surface area contributed by atoms with Gasteiger partial charge in [0, 0.05) is 43.2 Å². The standard InChI is InChI=1S/C23H27ClF3N5O3/c1-12(2)29-22-30-18-11-32(20(34)14-5-6-17(24)16(10-14)23(25,26)27)13(3)9-15(18)21(35)31(22)8-7-19(33)28-4/h5-6,10,12-13H,7-9,11H2,1-4H3,(H,28,33)(H,29,30)/t13-/m1/s1. The molecule has 35 heavy (non-hydrogen) atoms. The smallest absolute Gasteiger partial charge is 0.359 e. The molecule has 12 heteroatoms. The van der Waals surface area contributed by atoms with Gasteiger partial charge >= 0.3 is 6.18 Å². The largest absolute Gasteiger partial charge is 0.417 e. The molecule has 0 unspecified atom stereocenters. The van der Waals surface area contributed by atoms with E-state index in [1.807, 2.05) is 13.8 Å². The van der Waals surface area contributed by atoms with Crippen LogP contribution >= 0.6 is 11.6 Å². The number of fused-ring (bicyclic) bond motifs is 1. The van der Waals surface area contributed by atoms with Crippen LogP contribution in [0.25, 0.3) is 0 Å². The highest BCUT2D eigenvalue weighted by atomic mass is 35.5. The van der Waals surface area contributed by atoms with Crippen LogP contribution in [0, 0.1) is 0 Å². The first-order chi connectivity index (χ1) is 16.3. The highest BCUT2D eigenvalue weighted by Gasteiger charge is 2.36. The number of halogens is 4. The molecule has 0 saturated carbocycles. The summed E-state index contributed by atoms with van der Waals surface area (Å²) in [6.45, 7) is 5.53. The molecular formula is C23H27ClF3N5O3. The van der Waals surface area contributed by atoms with Crippen molar-refractivity contribution in [3.05, 3.63) is 56.0 Å². The topological polar surface area (TPSA) is 96.3 Å². The first-order valence-electron chi connectivity index (χ1n) is 11.1. The third-order valence-electron chi connectivity index (χ3n) is 5.74. The number of anilines is 1. The van der Waals surface area contributed by atoms with E-state index in [2.05, 4.69) is 15.6 Å². The number of carbonyl (C=O) groups is 2. The molecular weight excluding hydrogens is 487 g/mol. The molecule has 1 aromatic heterocycles. The van der Waals surface area contributed by atoms with E-state index >= 15 is 0 Å². The Morgan fingerprint density at radius 2 is 1.97 bits per heavy atom. The molecule has 1 atom stereocenters. The van der Waals surface area contributed by atoms with E-state index in [-0.39, 0.29) is 55.0 Å². The molecule has 2 aromatic rings. The van der Waals surface area contributed by atoms with Gasteiger partial charge in [0.15, 0.2) is 0 Å². The second-order valence-corrected chi connectivity index (χ2v) is 9.13. The average Bonchev–Trinajstić information content (AvgIpc) is 2.77. The van der Waals surface area contributed by atoms with Crippen molar-refractivity contribution in [2.45, 2.75) is 65.0 Å². The molecule has 0 spiro atoms. The van der Waals surface area contributed by atoms with Gasteiger partial charge < -0.3 is 15.5 Å². The Labute approximate surface area is 205 Å². The summed E-state index contributed by atoms with van der Waals surface area (Å²) in [5.74, 6) is -0.578. The normalized spacial score (nSPS) is 15.7. The highest BCUT2D eigenvalue weighted by Crippen LogP contribution is 2.35. The third kappa shape index (κ3) is 5.77. The lowest BCUT2D eigenvalue weighted by molar-refractivity contribution is -0.137. The molecule has 3 rings (SSSR count). The maximum atomic E-state index is 13.3. The second-order valence-electron chi connectivity index (χ2n) is 8.72. The molecule has 0 fully saturated rings. The summed E-state index contributed by atoms with van der Waals surface area (Å²) in [6.07, 6.45) is -4.44. The monoisotopic (exact) mass is 513 g/mol. The van der Waals surface area contributed by atoms with E-state index in [9.17, 15) is 27.6 Å². The van der Waals surface area contributed by atoms with Gasteiger partial charge in [0.1, 0.15) is 0 Å². The van der Waals surface area contributed by atoms with E-state index in [0.29, 0.717) is 11.3 Å². The zero-order chi connectivity index (χ0) is 26.1. The molecule has 0 saturated heterocycles. The molecule has 190 valence electrons. The van der Waals surface area contributed by atoms with Crippen LogP contribution in [0.1, 0.15) is 54.4 Å². The van der Waals surface area contributed by atoms with Crippen LogP contribution < -0.4 is 16.2 Å². The van der Waals surface area contributed by atoms with Gasteiger partial charge in [-0.1, -0.05) is 11.6 Å². The number of aromatic nitrogens is 2. The fraction of sp³-hybridized carbons (Fsp3) is 0.478. The van der Waals surface area contributed by atoms with E-state index in [1.165, 1.54) is 22.6 Å². The molecule has 1 aliphatic rings. The lowest BCUT2D eigenvalue weighted by Crippen LogP contribution is -2.46. The van der Waals surface area contributed by atoms with Gasteiger partial charge in [0.25, 0.3) is 11.5 Å². The maximum Gasteiger partial charge on any atom is 0.417 e. The van der Waals surface area contributed by atoms with E-state index in [1.54, 1.807) is 6.92 Å². The van der Waals surface area contributed by atoms with Crippen molar-refractivity contribution < 1.29 is 22.8 Å². The van der Waals surface area contributed by atoms with Gasteiger partial charge in [-0.15, -0.1) is 0 Å². The predicted molar refractivity (Wildman–Crippen MR) is 125 cm³/mol. The molecule has 2 N–H and O–H groups in total. The average molecular weight is 514 g/mol. The number of benzene rings is 1. The van der Waals surface area contributed by atoms with E-state index in [0.717, 1.165) is 12.1 Å². The van der Waals surface area contributed by atoms with Crippen LogP contribution in [0.4, 0.5) is 19.1 Å². The van der Waals surface area contributed by atoms with Crippen molar-refractivity contribution in [1.82, 2.24) is 19.8 Å². The maximum absolute atomic E-state index is 13.3. The molecule has 2 amide bonds. The Morgan fingerprint density at radius 1 is 1.29 bits per heavy atom. The van der Waals surface area contributed by atoms with Crippen LogP contribution in [0.2, 0.25) is 5.02 Å². The fourth-order valence-electron chi connectivity index (χ4n) is 3.92. The Bertz CT molecular complexity index is 1200. The van der Waals surface area contributed by atoms with Crippen molar-refractivity contribution in [2.24, 2.45) is 0 Å². The minimum atomic E-state index is -4.70. The third-order valence-corrected chi connectivity index (χ3v) is 6.07. The van der Waals surface area contributed by atoms with E-state index in [4.69, 9.17) is 11.6 Å². The lowest BCUT2D eigenvalue weighted by atomic mass is 9.98. The Morgan fingerprint density at radius 3 is 2.57 bits per heavy atom. The second kappa shape index (κ2) is 10.3. The fourth-order valence-corrected chi connectivity index (χ4v) is 4.15. The molecule has 2 heterocycles.